The number of para-hydroxylation sites is 1. The Morgan fingerprint density at radius 2 is 1.78 bits per heavy atom. The summed E-state index contributed by atoms with van der Waals surface area (Å²) in [6.07, 6.45) is 0. The zero-order chi connectivity index (χ0) is 25.7. The third kappa shape index (κ3) is 3.17. The fourth-order valence-electron chi connectivity index (χ4n) is 5.25. The minimum atomic E-state index is -1.69. The van der Waals surface area contributed by atoms with Crippen LogP contribution in [0.4, 0.5) is 10.1 Å². The van der Waals surface area contributed by atoms with Gasteiger partial charge in [-0.3, -0.25) is 9.89 Å². The maximum absolute atomic E-state index is 14.7. The first-order valence-corrected chi connectivity index (χ1v) is 11.5. The van der Waals surface area contributed by atoms with Gasteiger partial charge < -0.3 is 20.1 Å². The van der Waals surface area contributed by atoms with Crippen molar-refractivity contribution < 1.29 is 23.5 Å². The summed E-state index contributed by atoms with van der Waals surface area (Å²) in [5.41, 5.74) is 7.92. The molecule has 184 valence electrons. The van der Waals surface area contributed by atoms with Crippen LogP contribution >= 0.6 is 0 Å². The van der Waals surface area contributed by atoms with Crippen molar-refractivity contribution in [1.82, 2.24) is 10.2 Å². The normalized spacial score (nSPS) is 18.0. The number of ether oxygens (including phenoxy) is 2. The number of carbonyl (C=O) groups excluding carboxylic acids is 2. The van der Waals surface area contributed by atoms with Crippen LogP contribution in [-0.2, 0) is 26.3 Å². The fraction of sp³-hybridized carbons (Fsp3) is 0.107. The van der Waals surface area contributed by atoms with Gasteiger partial charge in [0.1, 0.15) is 16.8 Å². The molecule has 1 atom stereocenters. The van der Waals surface area contributed by atoms with Crippen molar-refractivity contribution in [1.29, 1.82) is 0 Å². The van der Waals surface area contributed by atoms with E-state index in [0.29, 0.717) is 28.1 Å². The van der Waals surface area contributed by atoms with Crippen molar-refractivity contribution in [3.63, 3.8) is 0 Å². The maximum atomic E-state index is 14.7. The molecular weight excluding hydrogens is 475 g/mol. The van der Waals surface area contributed by atoms with Gasteiger partial charge in [-0.15, -0.1) is 5.10 Å². The molecule has 0 fully saturated rings. The lowest BCUT2D eigenvalue weighted by molar-refractivity contribution is -0.138. The molecule has 0 saturated heterocycles. The van der Waals surface area contributed by atoms with Crippen molar-refractivity contribution in [3.05, 3.63) is 113 Å². The molecule has 0 aliphatic carbocycles. The summed E-state index contributed by atoms with van der Waals surface area (Å²) in [5, 5.41) is 7.30. The van der Waals surface area contributed by atoms with Gasteiger partial charge in [0.05, 0.1) is 24.9 Å². The molecule has 3 heterocycles. The average molecular weight is 496 g/mol. The summed E-state index contributed by atoms with van der Waals surface area (Å²) < 4.78 is 24.5. The number of hydrogen-bond donors (Lipinski definition) is 2. The van der Waals surface area contributed by atoms with Gasteiger partial charge in [-0.2, -0.15) is 0 Å². The zero-order valence-electron chi connectivity index (χ0n) is 19.7. The predicted octanol–water partition coefficient (Wildman–Crippen LogP) is 3.78. The number of hydrogen-bond acceptors (Lipinski definition) is 6. The molecule has 2 aliphatic rings. The molecule has 37 heavy (non-hydrogen) atoms. The summed E-state index contributed by atoms with van der Waals surface area (Å²) >= 11 is 0. The summed E-state index contributed by atoms with van der Waals surface area (Å²) in [6.45, 7) is 0.140. The standard InChI is InChI=1S/C28H21FN4O4/c1-36-26(34)22-24(30)37-25-21(23(31-32-25)17-7-3-2-4-8-17)28(22)19-9-5-6-10-20(19)33(27(28)35)15-16-11-13-18(29)14-12-16/h2-14H,15,30H2,1H3,(H,31,32)/t28-/m0/s1. The van der Waals surface area contributed by atoms with E-state index in [0.717, 1.165) is 5.56 Å². The monoisotopic (exact) mass is 496 g/mol. The minimum absolute atomic E-state index is 0.0933. The van der Waals surface area contributed by atoms with E-state index < -0.39 is 17.3 Å². The lowest BCUT2D eigenvalue weighted by atomic mass is 9.68. The van der Waals surface area contributed by atoms with E-state index in [9.17, 15) is 14.0 Å². The Morgan fingerprint density at radius 3 is 2.51 bits per heavy atom. The van der Waals surface area contributed by atoms with Crippen molar-refractivity contribution in [3.8, 4) is 17.1 Å². The Hall–Kier alpha value is -4.92. The van der Waals surface area contributed by atoms with Gasteiger partial charge in [0, 0.05) is 16.8 Å². The van der Waals surface area contributed by atoms with Crippen LogP contribution in [0.15, 0.2) is 90.3 Å². The van der Waals surface area contributed by atoms with Crippen molar-refractivity contribution in [2.24, 2.45) is 5.73 Å². The van der Waals surface area contributed by atoms with Crippen molar-refractivity contribution >= 4 is 17.6 Å². The third-order valence-electron chi connectivity index (χ3n) is 6.81. The highest BCUT2D eigenvalue weighted by Crippen LogP contribution is 2.57. The largest absolute Gasteiger partial charge is 0.465 e. The number of amides is 1. The Balaban J connectivity index is 1.65. The molecule has 1 aromatic heterocycles. The molecular formula is C28H21FN4O4. The number of halogens is 1. The number of carbonyl (C=O) groups is 2. The molecule has 9 heteroatoms. The van der Waals surface area contributed by atoms with Crippen LogP contribution in [0, 0.1) is 5.82 Å². The van der Waals surface area contributed by atoms with E-state index in [-0.39, 0.29) is 29.7 Å². The second kappa shape index (κ2) is 8.34. The number of nitrogens with zero attached hydrogens (tertiary/aromatic N) is 2. The van der Waals surface area contributed by atoms with Crippen LogP contribution < -0.4 is 15.4 Å². The van der Waals surface area contributed by atoms with E-state index in [1.807, 2.05) is 30.3 Å². The van der Waals surface area contributed by atoms with Crippen LogP contribution in [0.3, 0.4) is 0 Å². The van der Waals surface area contributed by atoms with Crippen LogP contribution in [0.25, 0.3) is 11.3 Å². The van der Waals surface area contributed by atoms with Crippen LogP contribution in [0.1, 0.15) is 16.7 Å². The summed E-state index contributed by atoms with van der Waals surface area (Å²) in [6, 6.07) is 22.4. The average Bonchev–Trinajstić information content (AvgIpc) is 3.44. The Kier molecular flexibility index (Phi) is 5.08. The van der Waals surface area contributed by atoms with Gasteiger partial charge in [-0.1, -0.05) is 60.7 Å². The number of nitrogens with one attached hydrogen (secondary N) is 1. The second-order valence-corrected chi connectivity index (χ2v) is 8.76. The zero-order valence-corrected chi connectivity index (χ0v) is 19.7. The molecule has 2 aliphatic heterocycles. The minimum Gasteiger partial charge on any atom is -0.465 e. The lowest BCUT2D eigenvalue weighted by Gasteiger charge is -2.34. The molecule has 3 N–H and O–H groups in total. The van der Waals surface area contributed by atoms with Crippen LogP contribution in [-0.4, -0.2) is 29.2 Å². The molecule has 1 spiro atoms. The Bertz CT molecular complexity index is 1580. The van der Waals surface area contributed by atoms with E-state index in [1.165, 1.54) is 19.2 Å². The highest BCUT2D eigenvalue weighted by molar-refractivity contribution is 6.19. The number of H-pyrrole nitrogens is 1. The highest BCUT2D eigenvalue weighted by Gasteiger charge is 2.62. The molecule has 0 saturated carbocycles. The number of rotatable bonds is 4. The van der Waals surface area contributed by atoms with Gasteiger partial charge in [0.15, 0.2) is 0 Å². The van der Waals surface area contributed by atoms with E-state index in [1.54, 1.807) is 41.3 Å². The second-order valence-electron chi connectivity index (χ2n) is 8.76. The third-order valence-corrected chi connectivity index (χ3v) is 6.81. The van der Waals surface area contributed by atoms with E-state index in [2.05, 4.69) is 10.2 Å². The van der Waals surface area contributed by atoms with Crippen molar-refractivity contribution in [2.45, 2.75) is 12.0 Å². The number of aromatic amines is 1. The van der Waals surface area contributed by atoms with Crippen molar-refractivity contribution in [2.75, 3.05) is 12.0 Å². The maximum Gasteiger partial charge on any atom is 0.340 e. The molecule has 0 radical (unpaired) electrons. The number of nitrogens with two attached hydrogens (primary N) is 1. The van der Waals surface area contributed by atoms with Crippen LogP contribution in [0.2, 0.25) is 0 Å². The Morgan fingerprint density at radius 1 is 1.08 bits per heavy atom. The Labute approximate surface area is 211 Å². The first-order chi connectivity index (χ1) is 18.0. The SMILES string of the molecule is COC(=O)C1=C(N)Oc2n[nH]c(-c3ccccc3)c2[C@]12C(=O)N(Cc1ccc(F)cc1)c1ccccc12. The number of esters is 1. The number of fused-ring (bicyclic) bond motifs is 4. The number of anilines is 1. The molecule has 1 amide bonds. The summed E-state index contributed by atoms with van der Waals surface area (Å²) in [5.74, 6) is -1.77. The molecule has 4 aromatic rings. The molecule has 0 bridgehead atoms. The fourth-order valence-corrected chi connectivity index (χ4v) is 5.25. The van der Waals surface area contributed by atoms with Gasteiger partial charge in [0.2, 0.25) is 17.7 Å². The van der Waals surface area contributed by atoms with E-state index >= 15 is 0 Å². The van der Waals surface area contributed by atoms with Gasteiger partial charge in [-0.25, -0.2) is 9.18 Å². The van der Waals surface area contributed by atoms with Gasteiger partial charge in [-0.05, 0) is 23.8 Å². The molecule has 0 unspecified atom stereocenters. The molecule has 8 nitrogen and oxygen atoms in total. The van der Waals surface area contributed by atoms with Gasteiger partial charge in [0.25, 0.3) is 0 Å². The molecule has 6 rings (SSSR count). The topological polar surface area (TPSA) is 111 Å². The van der Waals surface area contributed by atoms with Gasteiger partial charge >= 0.3 is 5.97 Å². The van der Waals surface area contributed by atoms with Crippen LogP contribution in [0.5, 0.6) is 5.88 Å². The smallest absolute Gasteiger partial charge is 0.340 e. The number of aromatic nitrogens is 2. The number of methoxy groups -OCH3 is 1. The first-order valence-electron chi connectivity index (χ1n) is 11.5. The lowest BCUT2D eigenvalue weighted by Crippen LogP contribution is -2.48. The summed E-state index contributed by atoms with van der Waals surface area (Å²) in [7, 11) is 1.22. The van der Waals surface area contributed by atoms with E-state index in [4.69, 9.17) is 15.2 Å². The highest BCUT2D eigenvalue weighted by atomic mass is 19.1. The number of benzene rings is 3. The first kappa shape index (κ1) is 22.5. The quantitative estimate of drug-likeness (QED) is 0.416. The summed E-state index contributed by atoms with van der Waals surface area (Å²) in [4.78, 5) is 29.5. The molecule has 3 aromatic carbocycles. The predicted molar refractivity (Wildman–Crippen MR) is 133 cm³/mol.